The van der Waals surface area contributed by atoms with Crippen LogP contribution in [0.5, 0.6) is 5.75 Å². The third kappa shape index (κ3) is 3.04. The van der Waals surface area contributed by atoms with Crippen molar-refractivity contribution in [2.45, 2.75) is 32.8 Å². The Labute approximate surface area is 140 Å². The molecule has 126 valence electrons. The molecular weight excluding hydrogens is 308 g/mol. The topological polar surface area (TPSA) is 75.7 Å². The minimum absolute atomic E-state index is 0.342. The Balaban J connectivity index is 1.64. The van der Waals surface area contributed by atoms with Crippen molar-refractivity contribution in [3.63, 3.8) is 0 Å². The second-order valence-electron chi connectivity index (χ2n) is 6.22. The number of nitrogens with one attached hydrogen (secondary N) is 1. The SMILES string of the molecule is Cc1cccc(O[C@@H](C)C(=O)NN2C(=O)[C@H]3CC=CC[C@H]3C2=O)c1. The predicted molar refractivity (Wildman–Crippen MR) is 86.6 cm³/mol. The van der Waals surface area contributed by atoms with Gasteiger partial charge in [-0.2, -0.15) is 5.01 Å². The van der Waals surface area contributed by atoms with E-state index in [0.717, 1.165) is 10.6 Å². The molecule has 0 bridgehead atoms. The first-order valence-electron chi connectivity index (χ1n) is 8.04. The van der Waals surface area contributed by atoms with E-state index in [4.69, 9.17) is 4.74 Å². The van der Waals surface area contributed by atoms with Crippen molar-refractivity contribution < 1.29 is 19.1 Å². The molecule has 1 fully saturated rings. The number of ether oxygens (including phenoxy) is 1. The van der Waals surface area contributed by atoms with Crippen LogP contribution in [-0.4, -0.2) is 28.8 Å². The van der Waals surface area contributed by atoms with Crippen molar-refractivity contribution in [1.82, 2.24) is 10.4 Å². The largest absolute Gasteiger partial charge is 0.481 e. The number of amides is 3. The lowest BCUT2D eigenvalue weighted by atomic mass is 9.85. The highest BCUT2D eigenvalue weighted by molar-refractivity contribution is 6.06. The molecular formula is C18H20N2O4. The first-order valence-corrected chi connectivity index (χ1v) is 8.04. The van der Waals surface area contributed by atoms with Crippen LogP contribution in [0.1, 0.15) is 25.3 Å². The molecule has 3 amide bonds. The summed E-state index contributed by atoms with van der Waals surface area (Å²) in [7, 11) is 0. The highest BCUT2D eigenvalue weighted by Gasteiger charge is 2.48. The average Bonchev–Trinajstić information content (AvgIpc) is 2.80. The van der Waals surface area contributed by atoms with Crippen LogP contribution in [0.25, 0.3) is 0 Å². The molecule has 1 saturated heterocycles. The molecule has 1 aromatic carbocycles. The fraction of sp³-hybridized carbons (Fsp3) is 0.389. The van der Waals surface area contributed by atoms with Crippen LogP contribution < -0.4 is 10.2 Å². The predicted octanol–water partition coefficient (Wildman–Crippen LogP) is 1.74. The van der Waals surface area contributed by atoms with Crippen molar-refractivity contribution in [1.29, 1.82) is 0 Å². The Kier molecular flexibility index (Phi) is 4.38. The molecule has 6 nitrogen and oxygen atoms in total. The summed E-state index contributed by atoms with van der Waals surface area (Å²) in [5.74, 6) is -1.37. The molecule has 2 aliphatic rings. The minimum atomic E-state index is -0.826. The number of nitrogens with zero attached hydrogens (tertiary/aromatic N) is 1. The molecule has 3 atom stereocenters. The number of imide groups is 1. The van der Waals surface area contributed by atoms with Crippen molar-refractivity contribution in [3.05, 3.63) is 42.0 Å². The van der Waals surface area contributed by atoms with Gasteiger partial charge in [0.05, 0.1) is 11.8 Å². The van der Waals surface area contributed by atoms with Gasteiger partial charge in [0.25, 0.3) is 17.7 Å². The molecule has 1 aliphatic heterocycles. The van der Waals surface area contributed by atoms with Crippen molar-refractivity contribution in [3.8, 4) is 5.75 Å². The third-order valence-electron chi connectivity index (χ3n) is 4.40. The fourth-order valence-corrected chi connectivity index (χ4v) is 3.06. The lowest BCUT2D eigenvalue weighted by Gasteiger charge is -2.20. The Morgan fingerprint density at radius 1 is 1.21 bits per heavy atom. The summed E-state index contributed by atoms with van der Waals surface area (Å²) in [6.07, 6.45) is 4.06. The van der Waals surface area contributed by atoms with E-state index in [9.17, 15) is 14.4 Å². The van der Waals surface area contributed by atoms with Gasteiger partial charge < -0.3 is 4.74 Å². The van der Waals surface area contributed by atoms with Gasteiger partial charge in [0.15, 0.2) is 6.10 Å². The van der Waals surface area contributed by atoms with Gasteiger partial charge in [-0.1, -0.05) is 24.3 Å². The van der Waals surface area contributed by atoms with Crippen LogP contribution in [0.3, 0.4) is 0 Å². The maximum Gasteiger partial charge on any atom is 0.279 e. The van der Waals surface area contributed by atoms with Gasteiger partial charge in [0.1, 0.15) is 5.75 Å². The number of hydrogen-bond donors (Lipinski definition) is 1. The maximum absolute atomic E-state index is 12.3. The van der Waals surface area contributed by atoms with E-state index in [1.807, 2.05) is 37.3 Å². The summed E-state index contributed by atoms with van der Waals surface area (Å²) in [5.41, 5.74) is 3.43. The first kappa shape index (κ1) is 16.2. The van der Waals surface area contributed by atoms with Crippen molar-refractivity contribution in [2.75, 3.05) is 0 Å². The summed E-state index contributed by atoms with van der Waals surface area (Å²) >= 11 is 0. The Morgan fingerprint density at radius 2 is 1.83 bits per heavy atom. The third-order valence-corrected chi connectivity index (χ3v) is 4.40. The van der Waals surface area contributed by atoms with Gasteiger partial charge in [0.2, 0.25) is 0 Å². The summed E-state index contributed by atoms with van der Waals surface area (Å²) < 4.78 is 5.58. The molecule has 1 aromatic rings. The number of aryl methyl sites for hydroxylation is 1. The number of carbonyl (C=O) groups is 3. The molecule has 1 heterocycles. The van der Waals surface area contributed by atoms with Gasteiger partial charge in [0, 0.05) is 0 Å². The summed E-state index contributed by atoms with van der Waals surface area (Å²) in [5, 5.41) is 0.862. The molecule has 0 radical (unpaired) electrons. The molecule has 3 rings (SSSR count). The minimum Gasteiger partial charge on any atom is -0.481 e. The molecule has 0 saturated carbocycles. The van der Waals surface area contributed by atoms with Gasteiger partial charge in [-0.05, 0) is 44.4 Å². The van der Waals surface area contributed by atoms with Crippen LogP contribution in [0.2, 0.25) is 0 Å². The smallest absolute Gasteiger partial charge is 0.279 e. The summed E-state index contributed by atoms with van der Waals surface area (Å²) in [4.78, 5) is 36.9. The van der Waals surface area contributed by atoms with E-state index in [1.54, 1.807) is 13.0 Å². The van der Waals surface area contributed by atoms with Crippen LogP contribution in [0.15, 0.2) is 36.4 Å². The zero-order chi connectivity index (χ0) is 17.3. The Morgan fingerprint density at radius 3 is 2.42 bits per heavy atom. The second kappa shape index (κ2) is 6.47. The number of fused-ring (bicyclic) bond motifs is 1. The normalized spacial score (nSPS) is 23.8. The Hall–Kier alpha value is -2.63. The summed E-state index contributed by atoms with van der Waals surface area (Å²) in [6, 6.07) is 7.33. The average molecular weight is 328 g/mol. The standard InChI is InChI=1S/C18H20N2O4/c1-11-6-5-7-13(10-11)24-12(2)16(21)19-20-17(22)14-8-3-4-9-15(14)18(20)23/h3-7,10,12,14-15H,8-9H2,1-2H3,(H,19,21)/t12-,14-,15+/m0/s1. The van der Waals surface area contributed by atoms with Gasteiger partial charge in [-0.25, -0.2) is 0 Å². The molecule has 24 heavy (non-hydrogen) atoms. The quantitative estimate of drug-likeness (QED) is 0.675. The zero-order valence-electron chi connectivity index (χ0n) is 13.7. The number of allylic oxidation sites excluding steroid dienone is 2. The highest BCUT2D eigenvalue weighted by Crippen LogP contribution is 2.34. The van der Waals surface area contributed by atoms with Crippen LogP contribution >= 0.6 is 0 Å². The Bertz CT molecular complexity index is 687. The number of rotatable bonds is 4. The van der Waals surface area contributed by atoms with E-state index in [1.165, 1.54) is 0 Å². The van der Waals surface area contributed by atoms with Gasteiger partial charge in [-0.15, -0.1) is 0 Å². The fourth-order valence-electron chi connectivity index (χ4n) is 3.06. The molecule has 0 unspecified atom stereocenters. The number of hydrogen-bond acceptors (Lipinski definition) is 4. The molecule has 1 N–H and O–H groups in total. The van der Waals surface area contributed by atoms with E-state index >= 15 is 0 Å². The molecule has 0 spiro atoms. The van der Waals surface area contributed by atoms with E-state index in [2.05, 4.69) is 5.43 Å². The van der Waals surface area contributed by atoms with Crippen LogP contribution in [0.4, 0.5) is 0 Å². The van der Waals surface area contributed by atoms with E-state index in [0.29, 0.717) is 18.6 Å². The van der Waals surface area contributed by atoms with E-state index < -0.39 is 12.0 Å². The molecule has 6 heteroatoms. The summed E-state index contributed by atoms with van der Waals surface area (Å²) in [6.45, 7) is 3.51. The zero-order valence-corrected chi connectivity index (χ0v) is 13.7. The van der Waals surface area contributed by atoms with E-state index in [-0.39, 0.29) is 23.7 Å². The number of carbonyl (C=O) groups excluding carboxylic acids is 3. The van der Waals surface area contributed by atoms with Gasteiger partial charge >= 0.3 is 0 Å². The van der Waals surface area contributed by atoms with Crippen LogP contribution in [0, 0.1) is 18.8 Å². The molecule has 1 aliphatic carbocycles. The maximum atomic E-state index is 12.3. The number of benzene rings is 1. The lowest BCUT2D eigenvalue weighted by Crippen LogP contribution is -2.50. The monoisotopic (exact) mass is 328 g/mol. The first-order chi connectivity index (χ1) is 11.5. The number of hydrazine groups is 1. The lowest BCUT2D eigenvalue weighted by molar-refractivity contribution is -0.151. The van der Waals surface area contributed by atoms with Crippen molar-refractivity contribution >= 4 is 17.7 Å². The van der Waals surface area contributed by atoms with Crippen LogP contribution in [-0.2, 0) is 14.4 Å². The van der Waals surface area contributed by atoms with Crippen molar-refractivity contribution in [2.24, 2.45) is 11.8 Å². The second-order valence-corrected chi connectivity index (χ2v) is 6.22. The molecule has 0 aromatic heterocycles. The van der Waals surface area contributed by atoms with Gasteiger partial charge in [-0.3, -0.25) is 19.8 Å². The highest BCUT2D eigenvalue weighted by atomic mass is 16.5.